The Morgan fingerprint density at radius 1 is 0.889 bits per heavy atom. The summed E-state index contributed by atoms with van der Waals surface area (Å²) in [6.45, 7) is 5.11. The van der Waals surface area contributed by atoms with Gasteiger partial charge in [-0.3, -0.25) is 13.8 Å². The Labute approximate surface area is 212 Å². The van der Waals surface area contributed by atoms with E-state index < -0.39 is 32.0 Å². The predicted molar refractivity (Wildman–Crippen MR) is 142 cm³/mol. The van der Waals surface area contributed by atoms with Gasteiger partial charge in [-0.15, -0.1) is 0 Å². The first kappa shape index (κ1) is 27.0. The van der Waals surface area contributed by atoms with Gasteiger partial charge in [0, 0.05) is 11.4 Å². The Bertz CT molecular complexity index is 1450. The Morgan fingerprint density at radius 2 is 1.47 bits per heavy atom. The molecule has 0 spiro atoms. The number of sulfonamides is 2. The van der Waals surface area contributed by atoms with Crippen LogP contribution < -0.4 is 19.1 Å². The second kappa shape index (κ2) is 10.6. The standard InChI is InChI=1S/C25H29N3O6S2/c1-17-6-7-18(2)24(16-17)28(35(5,30)31)19(3)25(29)26-20-10-14-23(15-11-20)36(32,33)27-21-8-12-22(34-4)13-9-21/h6-16,19,27H,1-5H3,(H,26,29)/t19-/m1/s1. The van der Waals surface area contributed by atoms with E-state index in [-0.39, 0.29) is 4.90 Å². The van der Waals surface area contributed by atoms with Crippen molar-refractivity contribution in [2.45, 2.75) is 31.7 Å². The first-order valence-electron chi connectivity index (χ1n) is 11.0. The molecule has 0 fully saturated rings. The average molecular weight is 532 g/mol. The summed E-state index contributed by atoms with van der Waals surface area (Å²) in [5.74, 6) is 0.0348. The third-order valence-electron chi connectivity index (χ3n) is 5.46. The highest BCUT2D eigenvalue weighted by Gasteiger charge is 2.30. The van der Waals surface area contributed by atoms with Gasteiger partial charge in [-0.2, -0.15) is 0 Å². The number of aryl methyl sites for hydroxylation is 2. The molecule has 1 amide bonds. The molecule has 3 aromatic carbocycles. The van der Waals surface area contributed by atoms with Crippen LogP contribution in [0.5, 0.6) is 5.75 Å². The lowest BCUT2D eigenvalue weighted by Gasteiger charge is -2.29. The number of amides is 1. The zero-order chi connectivity index (χ0) is 26.7. The summed E-state index contributed by atoms with van der Waals surface area (Å²) in [6, 6.07) is 16.3. The lowest BCUT2D eigenvalue weighted by molar-refractivity contribution is -0.116. The molecule has 1 atom stereocenters. The molecule has 36 heavy (non-hydrogen) atoms. The fourth-order valence-electron chi connectivity index (χ4n) is 3.58. The highest BCUT2D eigenvalue weighted by atomic mass is 32.2. The fraction of sp³-hybridized carbons (Fsp3) is 0.240. The van der Waals surface area contributed by atoms with Crippen molar-refractivity contribution in [1.82, 2.24) is 0 Å². The Morgan fingerprint density at radius 3 is 2.03 bits per heavy atom. The first-order valence-corrected chi connectivity index (χ1v) is 14.3. The maximum absolute atomic E-state index is 13.0. The summed E-state index contributed by atoms with van der Waals surface area (Å²) < 4.78 is 59.3. The number of carbonyl (C=O) groups is 1. The van der Waals surface area contributed by atoms with Gasteiger partial charge in [0.2, 0.25) is 15.9 Å². The number of ether oxygens (including phenoxy) is 1. The zero-order valence-electron chi connectivity index (χ0n) is 20.6. The molecule has 0 aromatic heterocycles. The van der Waals surface area contributed by atoms with Crippen LogP contribution >= 0.6 is 0 Å². The smallest absolute Gasteiger partial charge is 0.261 e. The number of benzene rings is 3. The quantitative estimate of drug-likeness (QED) is 0.432. The molecule has 0 heterocycles. The average Bonchev–Trinajstić information content (AvgIpc) is 2.81. The summed E-state index contributed by atoms with van der Waals surface area (Å²) in [5.41, 5.74) is 2.69. The molecule has 0 unspecified atom stereocenters. The number of nitrogens with one attached hydrogen (secondary N) is 2. The normalized spacial score (nSPS) is 12.5. The second-order valence-electron chi connectivity index (χ2n) is 8.37. The van der Waals surface area contributed by atoms with Crippen LogP contribution in [0.1, 0.15) is 18.1 Å². The van der Waals surface area contributed by atoms with Gasteiger partial charge in [0.15, 0.2) is 0 Å². The number of nitrogens with zero attached hydrogens (tertiary/aromatic N) is 1. The van der Waals surface area contributed by atoms with Crippen LogP contribution in [0.2, 0.25) is 0 Å². The molecule has 0 aliphatic rings. The summed E-state index contributed by atoms with van der Waals surface area (Å²) in [4.78, 5) is 13.0. The van der Waals surface area contributed by atoms with Crippen molar-refractivity contribution >= 4 is 43.0 Å². The van der Waals surface area contributed by atoms with Crippen molar-refractivity contribution in [3.05, 3.63) is 77.9 Å². The molecule has 9 nitrogen and oxygen atoms in total. The molecule has 0 bridgehead atoms. The van der Waals surface area contributed by atoms with Crippen LogP contribution in [0.15, 0.2) is 71.6 Å². The molecule has 11 heteroatoms. The highest BCUT2D eigenvalue weighted by Crippen LogP contribution is 2.27. The van der Waals surface area contributed by atoms with E-state index in [0.717, 1.165) is 16.1 Å². The van der Waals surface area contributed by atoms with Crippen molar-refractivity contribution in [3.63, 3.8) is 0 Å². The Hall–Kier alpha value is -3.57. The number of methoxy groups -OCH3 is 1. The molecule has 0 radical (unpaired) electrons. The van der Waals surface area contributed by atoms with Crippen molar-refractivity contribution in [2.24, 2.45) is 0 Å². The van der Waals surface area contributed by atoms with Gasteiger partial charge in [-0.05, 0) is 86.5 Å². The van der Waals surface area contributed by atoms with E-state index in [0.29, 0.717) is 28.4 Å². The molecule has 3 aromatic rings. The van der Waals surface area contributed by atoms with E-state index in [2.05, 4.69) is 10.0 Å². The molecule has 192 valence electrons. The van der Waals surface area contributed by atoms with E-state index in [4.69, 9.17) is 4.74 Å². The number of carbonyl (C=O) groups excluding carboxylic acids is 1. The second-order valence-corrected chi connectivity index (χ2v) is 11.9. The van der Waals surface area contributed by atoms with Crippen molar-refractivity contribution in [3.8, 4) is 5.75 Å². The van der Waals surface area contributed by atoms with E-state index in [9.17, 15) is 21.6 Å². The molecule has 3 rings (SSSR count). The van der Waals surface area contributed by atoms with Crippen LogP contribution in [-0.2, 0) is 24.8 Å². The van der Waals surface area contributed by atoms with E-state index in [1.54, 1.807) is 43.3 Å². The number of hydrogen-bond acceptors (Lipinski definition) is 6. The van der Waals surface area contributed by atoms with Crippen LogP contribution in [0.25, 0.3) is 0 Å². The van der Waals surface area contributed by atoms with Crippen molar-refractivity contribution in [2.75, 3.05) is 27.7 Å². The molecule has 0 saturated heterocycles. The van der Waals surface area contributed by atoms with Crippen LogP contribution in [0, 0.1) is 13.8 Å². The number of hydrogen-bond donors (Lipinski definition) is 2. The SMILES string of the molecule is COc1ccc(NS(=O)(=O)c2ccc(NC(=O)[C@@H](C)N(c3cc(C)ccc3C)S(C)(=O)=O)cc2)cc1. The molecule has 2 N–H and O–H groups in total. The minimum Gasteiger partial charge on any atom is -0.497 e. The molecule has 0 aliphatic carbocycles. The summed E-state index contributed by atoms with van der Waals surface area (Å²) in [6.07, 6.45) is 1.05. The lowest BCUT2D eigenvalue weighted by atomic mass is 10.1. The van der Waals surface area contributed by atoms with E-state index >= 15 is 0 Å². The Balaban J connectivity index is 1.77. The molecule has 0 saturated carbocycles. The van der Waals surface area contributed by atoms with Crippen LogP contribution in [0.4, 0.5) is 17.1 Å². The van der Waals surface area contributed by atoms with Crippen molar-refractivity contribution in [1.29, 1.82) is 0 Å². The largest absolute Gasteiger partial charge is 0.497 e. The maximum atomic E-state index is 13.0. The zero-order valence-corrected chi connectivity index (χ0v) is 22.3. The van der Waals surface area contributed by atoms with Gasteiger partial charge in [-0.25, -0.2) is 16.8 Å². The number of rotatable bonds is 9. The van der Waals surface area contributed by atoms with Gasteiger partial charge in [0.25, 0.3) is 10.0 Å². The molecular formula is C25H29N3O6S2. The Kier molecular flexibility index (Phi) is 7.95. The summed E-state index contributed by atoms with van der Waals surface area (Å²) in [7, 11) is -6.12. The van der Waals surface area contributed by atoms with Gasteiger partial charge >= 0.3 is 0 Å². The fourth-order valence-corrected chi connectivity index (χ4v) is 5.86. The van der Waals surface area contributed by atoms with Crippen LogP contribution in [0.3, 0.4) is 0 Å². The van der Waals surface area contributed by atoms with E-state index in [1.165, 1.54) is 38.3 Å². The minimum atomic E-state index is -3.86. The highest BCUT2D eigenvalue weighted by molar-refractivity contribution is 7.92. The van der Waals surface area contributed by atoms with Gasteiger partial charge in [0.1, 0.15) is 11.8 Å². The minimum absolute atomic E-state index is 0.00230. The summed E-state index contributed by atoms with van der Waals surface area (Å²) >= 11 is 0. The van der Waals surface area contributed by atoms with Gasteiger partial charge in [-0.1, -0.05) is 12.1 Å². The predicted octanol–water partition coefficient (Wildman–Crippen LogP) is 3.91. The van der Waals surface area contributed by atoms with Gasteiger partial charge < -0.3 is 10.1 Å². The summed E-state index contributed by atoms with van der Waals surface area (Å²) in [5, 5.41) is 2.66. The maximum Gasteiger partial charge on any atom is 0.261 e. The molecule has 0 aliphatic heterocycles. The third kappa shape index (κ3) is 6.35. The molecular weight excluding hydrogens is 502 g/mol. The van der Waals surface area contributed by atoms with Gasteiger partial charge in [0.05, 0.1) is 23.9 Å². The third-order valence-corrected chi connectivity index (χ3v) is 8.09. The van der Waals surface area contributed by atoms with E-state index in [1.807, 2.05) is 13.0 Å². The topological polar surface area (TPSA) is 122 Å². The first-order chi connectivity index (χ1) is 16.8. The monoisotopic (exact) mass is 531 g/mol. The van der Waals surface area contributed by atoms with Crippen molar-refractivity contribution < 1.29 is 26.4 Å². The number of anilines is 3. The van der Waals surface area contributed by atoms with Crippen LogP contribution in [-0.4, -0.2) is 42.2 Å². The lowest BCUT2D eigenvalue weighted by Crippen LogP contribution is -2.45.